The lowest BCUT2D eigenvalue weighted by molar-refractivity contribution is -0.141. The van der Waals surface area contributed by atoms with Crippen LogP contribution in [-0.4, -0.2) is 71.1 Å². The van der Waals surface area contributed by atoms with Crippen LogP contribution in [0.15, 0.2) is 53.6 Å². The SMILES string of the molecule is Cn1c(=O)n(C2CCC(=O)NC2=O)c2ccc(F)c(C3CCN(CC4CCC(n5cc6cc(NC(=O)c7cccc(C(F)(F)F)n7)ncc6n5)CC4)CC3)c21. The Labute approximate surface area is 311 Å². The molecule has 3 amide bonds. The molecule has 4 aromatic heterocycles. The third-order valence-corrected chi connectivity index (χ3v) is 11.4. The van der Waals surface area contributed by atoms with Crippen molar-refractivity contribution in [1.82, 2.24) is 39.1 Å². The maximum atomic E-state index is 15.6. The lowest BCUT2D eigenvalue weighted by atomic mass is 9.84. The smallest absolute Gasteiger partial charge is 0.305 e. The molecule has 3 aliphatic rings. The zero-order chi connectivity index (χ0) is 38.6. The molecule has 3 fully saturated rings. The highest BCUT2D eigenvalue weighted by Gasteiger charge is 2.35. The first kappa shape index (κ1) is 36.5. The Morgan fingerprint density at radius 1 is 1.00 bits per heavy atom. The highest BCUT2D eigenvalue weighted by molar-refractivity contribution is 6.03. The van der Waals surface area contributed by atoms with Crippen LogP contribution in [0.4, 0.5) is 23.4 Å². The largest absolute Gasteiger partial charge is 0.433 e. The maximum absolute atomic E-state index is 15.6. The van der Waals surface area contributed by atoms with Crippen molar-refractivity contribution in [3.05, 3.63) is 82.0 Å². The van der Waals surface area contributed by atoms with Crippen molar-refractivity contribution in [3.8, 4) is 0 Å². The molecule has 0 spiro atoms. The van der Waals surface area contributed by atoms with Crippen molar-refractivity contribution in [2.24, 2.45) is 13.0 Å². The molecule has 55 heavy (non-hydrogen) atoms. The number of benzene rings is 1. The number of nitrogens with one attached hydrogen (secondary N) is 2. The minimum Gasteiger partial charge on any atom is -0.305 e. The number of hydrogen-bond acceptors (Lipinski definition) is 8. The summed E-state index contributed by atoms with van der Waals surface area (Å²) in [7, 11) is 1.60. The fourth-order valence-electron chi connectivity index (χ4n) is 8.56. The summed E-state index contributed by atoms with van der Waals surface area (Å²) in [5.74, 6) is -1.47. The average molecular weight is 762 g/mol. The number of nitrogens with zero attached hydrogens (tertiary/aromatic N) is 7. The number of carbonyl (C=O) groups is 3. The van der Waals surface area contributed by atoms with E-state index in [-0.39, 0.29) is 48.0 Å². The molecular weight excluding hydrogens is 722 g/mol. The van der Waals surface area contributed by atoms with Gasteiger partial charge in [-0.25, -0.2) is 19.2 Å². The number of aryl methyl sites for hydroxylation is 1. The zero-order valence-electron chi connectivity index (χ0n) is 30.0. The molecule has 1 aliphatic carbocycles. The number of anilines is 1. The Balaban J connectivity index is 0.868. The van der Waals surface area contributed by atoms with E-state index in [0.29, 0.717) is 28.0 Å². The van der Waals surface area contributed by atoms with Crippen LogP contribution >= 0.6 is 0 Å². The lowest BCUT2D eigenvalue weighted by Gasteiger charge is -2.37. The topological polar surface area (TPSA) is 149 Å². The number of piperidine rings is 2. The third kappa shape index (κ3) is 7.12. The van der Waals surface area contributed by atoms with Gasteiger partial charge in [0.05, 0.1) is 23.3 Å². The highest BCUT2D eigenvalue weighted by Crippen LogP contribution is 2.38. The number of carbonyl (C=O) groups excluding carboxylic acids is 3. The molecule has 1 saturated carbocycles. The summed E-state index contributed by atoms with van der Waals surface area (Å²) in [6.07, 6.45) is 4.44. The molecule has 8 rings (SSSR count). The molecule has 6 heterocycles. The number of amides is 3. The van der Waals surface area contributed by atoms with Crippen LogP contribution in [0.25, 0.3) is 21.9 Å². The summed E-state index contributed by atoms with van der Waals surface area (Å²) in [4.78, 5) is 60.6. The van der Waals surface area contributed by atoms with Crippen molar-refractivity contribution in [3.63, 3.8) is 0 Å². The third-order valence-electron chi connectivity index (χ3n) is 11.4. The van der Waals surface area contributed by atoms with Gasteiger partial charge in [-0.1, -0.05) is 6.07 Å². The quantitative estimate of drug-likeness (QED) is 0.164. The van der Waals surface area contributed by atoms with E-state index in [0.717, 1.165) is 75.7 Å². The van der Waals surface area contributed by atoms with Gasteiger partial charge in [0.1, 0.15) is 34.6 Å². The van der Waals surface area contributed by atoms with Gasteiger partial charge in [-0.05, 0) is 100 Å². The summed E-state index contributed by atoms with van der Waals surface area (Å²) in [5.41, 5.74) is 0.217. The first-order chi connectivity index (χ1) is 26.3. The molecule has 5 aromatic rings. The maximum Gasteiger partial charge on any atom is 0.433 e. The predicted molar refractivity (Wildman–Crippen MR) is 193 cm³/mol. The molecule has 2 saturated heterocycles. The van der Waals surface area contributed by atoms with Crippen LogP contribution in [0.3, 0.4) is 0 Å². The van der Waals surface area contributed by atoms with Crippen LogP contribution in [-0.2, 0) is 22.8 Å². The van der Waals surface area contributed by atoms with E-state index in [1.807, 2.05) is 10.9 Å². The van der Waals surface area contributed by atoms with Crippen LogP contribution in [0.5, 0.6) is 0 Å². The number of imide groups is 1. The Bertz CT molecular complexity index is 2370. The number of alkyl halides is 3. The Kier molecular flexibility index (Phi) is 9.51. The number of imidazole rings is 1. The fourth-order valence-corrected chi connectivity index (χ4v) is 8.56. The molecule has 1 unspecified atom stereocenters. The number of likely N-dealkylation sites (tertiary alicyclic amines) is 1. The van der Waals surface area contributed by atoms with E-state index in [4.69, 9.17) is 5.10 Å². The van der Waals surface area contributed by atoms with Gasteiger partial charge in [0.25, 0.3) is 5.91 Å². The van der Waals surface area contributed by atoms with Gasteiger partial charge in [0.15, 0.2) is 0 Å². The van der Waals surface area contributed by atoms with Crippen molar-refractivity contribution in [1.29, 1.82) is 0 Å². The highest BCUT2D eigenvalue weighted by atomic mass is 19.4. The van der Waals surface area contributed by atoms with Gasteiger partial charge in [-0.15, -0.1) is 0 Å². The van der Waals surface area contributed by atoms with Crippen LogP contribution in [0, 0.1) is 11.7 Å². The van der Waals surface area contributed by atoms with Crippen molar-refractivity contribution in [2.45, 2.75) is 75.5 Å². The van der Waals surface area contributed by atoms with Crippen LogP contribution in [0.1, 0.15) is 91.1 Å². The second-order valence-corrected chi connectivity index (χ2v) is 14.9. The summed E-state index contributed by atoms with van der Waals surface area (Å²) in [5, 5.41) is 10.3. The van der Waals surface area contributed by atoms with E-state index in [2.05, 4.69) is 25.5 Å². The summed E-state index contributed by atoms with van der Waals surface area (Å²) >= 11 is 0. The monoisotopic (exact) mass is 761 g/mol. The summed E-state index contributed by atoms with van der Waals surface area (Å²) < 4.78 is 59.5. The molecular formula is C38H39F4N9O4. The molecule has 2 N–H and O–H groups in total. The Morgan fingerprint density at radius 2 is 1.76 bits per heavy atom. The first-order valence-electron chi connectivity index (χ1n) is 18.5. The van der Waals surface area contributed by atoms with E-state index in [1.54, 1.807) is 19.2 Å². The summed E-state index contributed by atoms with van der Waals surface area (Å²) in [6, 6.07) is 7.07. The lowest BCUT2D eigenvalue weighted by Crippen LogP contribution is -2.44. The van der Waals surface area contributed by atoms with E-state index in [9.17, 15) is 32.3 Å². The van der Waals surface area contributed by atoms with Crippen molar-refractivity contribution >= 4 is 45.5 Å². The molecule has 13 nitrogen and oxygen atoms in total. The average Bonchev–Trinajstić information content (AvgIpc) is 3.70. The van der Waals surface area contributed by atoms with Crippen LogP contribution < -0.4 is 16.3 Å². The first-order valence-corrected chi connectivity index (χ1v) is 18.5. The van der Waals surface area contributed by atoms with E-state index < -0.39 is 35.4 Å². The van der Waals surface area contributed by atoms with Crippen molar-refractivity contribution in [2.75, 3.05) is 25.0 Å². The Hall–Kier alpha value is -5.45. The van der Waals surface area contributed by atoms with E-state index >= 15 is 4.39 Å². The number of hydrogen-bond donors (Lipinski definition) is 2. The second-order valence-electron chi connectivity index (χ2n) is 14.9. The van der Waals surface area contributed by atoms with Gasteiger partial charge >= 0.3 is 11.9 Å². The minimum atomic E-state index is -4.67. The molecule has 0 bridgehead atoms. The molecule has 17 heteroatoms. The predicted octanol–water partition coefficient (Wildman–Crippen LogP) is 5.48. The molecule has 1 atom stereocenters. The van der Waals surface area contributed by atoms with Gasteiger partial charge in [0, 0.05) is 37.2 Å². The number of aromatic nitrogens is 6. The number of pyridine rings is 2. The Morgan fingerprint density at radius 3 is 2.49 bits per heavy atom. The van der Waals surface area contributed by atoms with E-state index in [1.165, 1.54) is 27.5 Å². The van der Waals surface area contributed by atoms with Gasteiger partial charge < -0.3 is 10.2 Å². The normalized spacial score (nSPS) is 21.7. The number of fused-ring (bicyclic) bond motifs is 2. The second kappa shape index (κ2) is 14.3. The van der Waals surface area contributed by atoms with Gasteiger partial charge in [0.2, 0.25) is 11.8 Å². The zero-order valence-corrected chi connectivity index (χ0v) is 30.0. The molecule has 0 radical (unpaired) electrons. The number of halogens is 4. The molecule has 1 aromatic carbocycles. The fraction of sp³-hybridized carbons (Fsp3) is 0.447. The van der Waals surface area contributed by atoms with Crippen LogP contribution in [0.2, 0.25) is 0 Å². The summed E-state index contributed by atoms with van der Waals surface area (Å²) in [6.45, 7) is 2.52. The molecule has 288 valence electrons. The number of rotatable bonds is 7. The molecule has 2 aliphatic heterocycles. The van der Waals surface area contributed by atoms with Crippen molar-refractivity contribution < 1.29 is 31.9 Å². The standard InChI is InChI=1S/C38H39F4N9O4/c1-48-34-28(51(37(48)55)29-11-12-32(52)46-36(29)54)10-9-25(39)33(34)22-13-15-49(16-14-22)19-21-5-7-24(8-6-21)50-20-23-17-31(43-18-27(23)47-50)45-35(53)26-3-2-4-30(44-26)38(40,41)42/h2-4,9-10,17-18,20-22,24,29H,5-8,11-16,19H2,1H3,(H,45,53)(H,46,52,54). The minimum absolute atomic E-state index is 0.0894. The van der Waals surface area contributed by atoms with Gasteiger partial charge in [-0.2, -0.15) is 18.3 Å². The van der Waals surface area contributed by atoms with Gasteiger partial charge in [-0.3, -0.25) is 33.5 Å².